The third kappa shape index (κ3) is 5.24. The molecule has 2 fully saturated rings. The average molecular weight is 657 g/mol. The number of nitrogen functional groups attached to an aromatic ring is 1. The van der Waals surface area contributed by atoms with Crippen molar-refractivity contribution in [1.82, 2.24) is 4.90 Å². The lowest BCUT2D eigenvalue weighted by molar-refractivity contribution is -0.163. The number of carboxylic acids is 1. The van der Waals surface area contributed by atoms with Crippen molar-refractivity contribution in [3.05, 3.63) is 58.7 Å². The first-order chi connectivity index (χ1) is 22.5. The van der Waals surface area contributed by atoms with Gasteiger partial charge in [-0.3, -0.25) is 14.4 Å². The third-order valence-electron chi connectivity index (χ3n) is 14.3. The van der Waals surface area contributed by atoms with E-state index < -0.39 is 29.8 Å². The fourth-order valence-electron chi connectivity index (χ4n) is 11.4. The SMILES string of the molecule is CN(C[C@@]1(C)CCC[C@]2(C)c3cc(N)ccc3CC[C@@H]12)C(=O)[C@@]1(C)CCC[C@]2(C)c3cc(NC(=O)[C@@H](N)CC(=O)O)ccc3CC[C@@]12C. The van der Waals surface area contributed by atoms with E-state index >= 15 is 0 Å². The number of nitrogens with zero attached hydrogens (tertiary/aromatic N) is 1. The van der Waals surface area contributed by atoms with Crippen LogP contribution in [-0.4, -0.2) is 47.4 Å². The van der Waals surface area contributed by atoms with Gasteiger partial charge in [0, 0.05) is 25.0 Å². The van der Waals surface area contributed by atoms with Crippen LogP contribution in [0.15, 0.2) is 36.4 Å². The molecule has 0 saturated heterocycles. The van der Waals surface area contributed by atoms with Gasteiger partial charge >= 0.3 is 5.97 Å². The van der Waals surface area contributed by atoms with Crippen LogP contribution in [0.4, 0.5) is 11.4 Å². The Bertz CT molecular complexity index is 1640. The van der Waals surface area contributed by atoms with Gasteiger partial charge in [0.05, 0.1) is 17.9 Å². The summed E-state index contributed by atoms with van der Waals surface area (Å²) < 4.78 is 0. The van der Waals surface area contributed by atoms with Gasteiger partial charge in [0.25, 0.3) is 0 Å². The van der Waals surface area contributed by atoms with Gasteiger partial charge in [0.1, 0.15) is 0 Å². The summed E-state index contributed by atoms with van der Waals surface area (Å²) in [5.74, 6) is -0.897. The zero-order valence-corrected chi connectivity index (χ0v) is 29.9. The zero-order valence-electron chi connectivity index (χ0n) is 29.9. The number of carbonyl (C=O) groups excluding carboxylic acids is 2. The van der Waals surface area contributed by atoms with Crippen molar-refractivity contribution in [2.75, 3.05) is 24.6 Å². The highest BCUT2D eigenvalue weighted by Crippen LogP contribution is 2.66. The Morgan fingerprint density at radius 2 is 1.60 bits per heavy atom. The van der Waals surface area contributed by atoms with Crippen molar-refractivity contribution in [3.63, 3.8) is 0 Å². The topological polar surface area (TPSA) is 139 Å². The molecule has 4 aliphatic rings. The molecule has 8 heteroatoms. The highest BCUT2D eigenvalue weighted by atomic mass is 16.4. The number of aryl methyl sites for hydroxylation is 2. The maximum absolute atomic E-state index is 15.0. The van der Waals surface area contributed by atoms with Gasteiger partial charge in [0.2, 0.25) is 11.8 Å². The molecule has 2 aromatic rings. The van der Waals surface area contributed by atoms with Crippen molar-refractivity contribution in [1.29, 1.82) is 0 Å². The van der Waals surface area contributed by atoms with Crippen molar-refractivity contribution in [3.8, 4) is 0 Å². The van der Waals surface area contributed by atoms with E-state index in [2.05, 4.69) is 69.1 Å². The van der Waals surface area contributed by atoms with Crippen LogP contribution in [0.1, 0.15) is 115 Å². The van der Waals surface area contributed by atoms with E-state index in [0.717, 1.165) is 76.4 Å². The van der Waals surface area contributed by atoms with Crippen LogP contribution >= 0.6 is 0 Å². The Morgan fingerprint density at radius 1 is 0.917 bits per heavy atom. The molecule has 2 saturated carbocycles. The lowest BCUT2D eigenvalue weighted by atomic mass is 9.41. The molecular formula is C40H56N4O4. The first-order valence-corrected chi connectivity index (χ1v) is 18.0. The molecule has 0 heterocycles. The maximum atomic E-state index is 15.0. The summed E-state index contributed by atoms with van der Waals surface area (Å²) in [5.41, 5.74) is 17.8. The highest BCUT2D eigenvalue weighted by molar-refractivity contribution is 5.96. The number of carboxylic acid groups (broad SMARTS) is 1. The quantitative estimate of drug-likeness (QED) is 0.249. The highest BCUT2D eigenvalue weighted by Gasteiger charge is 2.64. The standard InChI is InChI=1S/C40H56N4O4/c1-36(16-7-17-37(2)29-21-27(41)12-9-25(29)11-14-32(36)37)24-44(6)35(48)39(4)19-8-18-38(3)30-22-28(43-34(47)31(42)23-33(45)46)13-10-26(30)15-20-40(38,39)5/h9-10,12-13,21-22,31-32H,7-8,11,14-20,23-24,41-42H2,1-6H3,(H,43,47)(H,45,46)/t31-,32-,36+,37+,38+,39+,40+/m0/s1. The molecule has 0 aromatic heterocycles. The van der Waals surface area contributed by atoms with E-state index in [4.69, 9.17) is 16.6 Å². The van der Waals surface area contributed by atoms with Gasteiger partial charge in [-0.15, -0.1) is 0 Å². The van der Waals surface area contributed by atoms with Crippen LogP contribution < -0.4 is 16.8 Å². The van der Waals surface area contributed by atoms with E-state index in [1.807, 2.05) is 19.2 Å². The largest absolute Gasteiger partial charge is 0.481 e. The molecule has 8 nitrogen and oxygen atoms in total. The van der Waals surface area contributed by atoms with E-state index in [0.29, 0.717) is 11.6 Å². The molecule has 7 atom stereocenters. The molecule has 2 aromatic carbocycles. The summed E-state index contributed by atoms with van der Waals surface area (Å²) >= 11 is 0. The predicted molar refractivity (Wildman–Crippen MR) is 191 cm³/mol. The minimum Gasteiger partial charge on any atom is -0.481 e. The molecule has 4 aliphatic carbocycles. The van der Waals surface area contributed by atoms with E-state index in [9.17, 15) is 14.4 Å². The Labute approximate surface area is 286 Å². The van der Waals surface area contributed by atoms with E-state index in [1.54, 1.807) is 0 Å². The lowest BCUT2D eigenvalue weighted by Gasteiger charge is -2.63. The first kappa shape index (κ1) is 34.5. The lowest BCUT2D eigenvalue weighted by Crippen LogP contribution is -2.63. The number of fused-ring (bicyclic) bond motifs is 6. The number of hydrogen-bond donors (Lipinski definition) is 4. The molecule has 0 bridgehead atoms. The van der Waals surface area contributed by atoms with Crippen molar-refractivity contribution >= 4 is 29.2 Å². The number of nitrogens with two attached hydrogens (primary N) is 2. The minimum atomic E-state index is -1.13. The summed E-state index contributed by atoms with van der Waals surface area (Å²) in [5, 5.41) is 12.0. The van der Waals surface area contributed by atoms with E-state index in [-0.39, 0.29) is 27.6 Å². The van der Waals surface area contributed by atoms with Gasteiger partial charge in [-0.1, -0.05) is 59.6 Å². The van der Waals surface area contributed by atoms with Crippen LogP contribution in [0, 0.1) is 22.2 Å². The van der Waals surface area contributed by atoms with Crippen molar-refractivity contribution in [2.45, 2.75) is 122 Å². The Balaban J connectivity index is 1.26. The van der Waals surface area contributed by atoms with Crippen LogP contribution in [0.25, 0.3) is 0 Å². The number of benzene rings is 2. The summed E-state index contributed by atoms with van der Waals surface area (Å²) in [6.45, 7) is 12.5. The molecule has 0 spiro atoms. The Morgan fingerprint density at radius 3 is 2.33 bits per heavy atom. The molecule has 0 unspecified atom stereocenters. The van der Waals surface area contributed by atoms with Crippen molar-refractivity contribution in [2.24, 2.45) is 27.9 Å². The molecule has 48 heavy (non-hydrogen) atoms. The number of nitrogens with one attached hydrogen (secondary N) is 1. The first-order valence-electron chi connectivity index (χ1n) is 18.0. The van der Waals surface area contributed by atoms with Gasteiger partial charge < -0.3 is 26.8 Å². The normalized spacial score (nSPS) is 34.4. The van der Waals surface area contributed by atoms with Crippen LogP contribution in [0.3, 0.4) is 0 Å². The van der Waals surface area contributed by atoms with Gasteiger partial charge in [-0.05, 0) is 125 Å². The molecule has 0 aliphatic heterocycles. The maximum Gasteiger partial charge on any atom is 0.305 e. The van der Waals surface area contributed by atoms with Crippen molar-refractivity contribution < 1.29 is 19.5 Å². The fourth-order valence-corrected chi connectivity index (χ4v) is 11.4. The number of hydrogen-bond acceptors (Lipinski definition) is 5. The third-order valence-corrected chi connectivity index (χ3v) is 14.3. The smallest absolute Gasteiger partial charge is 0.305 e. The number of rotatable bonds is 7. The molecular weight excluding hydrogens is 600 g/mol. The predicted octanol–water partition coefficient (Wildman–Crippen LogP) is 6.58. The number of anilines is 2. The summed E-state index contributed by atoms with van der Waals surface area (Å²) in [6.07, 6.45) is 9.71. The molecule has 2 amide bonds. The second-order valence-corrected chi connectivity index (χ2v) is 17.0. The second kappa shape index (κ2) is 11.9. The summed E-state index contributed by atoms with van der Waals surface area (Å²) in [4.78, 5) is 40.9. The van der Waals surface area contributed by atoms with Gasteiger partial charge in [0.15, 0.2) is 0 Å². The van der Waals surface area contributed by atoms with Gasteiger partial charge in [-0.25, -0.2) is 0 Å². The summed E-state index contributed by atoms with van der Waals surface area (Å²) in [6, 6.07) is 11.4. The molecule has 6 rings (SSSR count). The Hall–Kier alpha value is -3.39. The Kier molecular flexibility index (Phi) is 8.54. The minimum absolute atomic E-state index is 0.00268. The fraction of sp³-hybridized carbons (Fsp3) is 0.625. The summed E-state index contributed by atoms with van der Waals surface area (Å²) in [7, 11) is 2.04. The number of aliphatic carboxylic acids is 1. The van der Waals surface area contributed by atoms with E-state index in [1.165, 1.54) is 22.3 Å². The molecule has 260 valence electrons. The monoisotopic (exact) mass is 656 g/mol. The van der Waals surface area contributed by atoms with Gasteiger partial charge in [-0.2, -0.15) is 0 Å². The number of carbonyl (C=O) groups is 3. The number of amides is 2. The van der Waals surface area contributed by atoms with Crippen LogP contribution in [0.5, 0.6) is 0 Å². The molecule has 0 radical (unpaired) electrons. The molecule has 6 N–H and O–H groups in total. The van der Waals surface area contributed by atoms with Crippen LogP contribution in [-0.2, 0) is 38.1 Å². The van der Waals surface area contributed by atoms with Crippen LogP contribution in [0.2, 0.25) is 0 Å². The zero-order chi connectivity index (χ0) is 34.9. The average Bonchev–Trinajstić information content (AvgIpc) is 3.02. The second-order valence-electron chi connectivity index (χ2n) is 17.0.